The molecule has 0 heterocycles. The second-order valence-corrected chi connectivity index (χ2v) is 6.56. The van der Waals surface area contributed by atoms with E-state index in [1.807, 2.05) is 42.3 Å². The second-order valence-electron chi connectivity index (χ2n) is 6.56. The Labute approximate surface area is 155 Å². The molecule has 0 saturated heterocycles. The predicted molar refractivity (Wildman–Crippen MR) is 102 cm³/mol. The average molecular weight is 359 g/mol. The van der Waals surface area contributed by atoms with Crippen molar-refractivity contribution in [2.24, 2.45) is 0 Å². The zero-order valence-corrected chi connectivity index (χ0v) is 15.5. The first-order chi connectivity index (χ1) is 12.6. The average Bonchev–Trinajstić information content (AvgIpc) is 2.63. The minimum Gasteiger partial charge on any atom is -0.492 e. The van der Waals surface area contributed by atoms with Gasteiger partial charge in [-0.25, -0.2) is 4.79 Å². The van der Waals surface area contributed by atoms with Gasteiger partial charge in [-0.2, -0.15) is 0 Å². The molecular weight excluding hydrogens is 330 g/mol. The number of urea groups is 1. The molecule has 0 bridgehead atoms. The standard InChI is InChI=1S/C20H29N3O3/c1-23(14-15-26-18-10-6-3-7-11-18)16-19(24)22-20(25)21-13-12-17-8-4-2-5-9-17/h3,6-8,10-11H,2,4-5,9,12-16H2,1H3,(H2,21,22,24,25). The molecule has 0 radical (unpaired) electrons. The molecule has 26 heavy (non-hydrogen) atoms. The van der Waals surface area contributed by atoms with Crippen LogP contribution < -0.4 is 15.4 Å². The van der Waals surface area contributed by atoms with Crippen LogP contribution in [0.4, 0.5) is 4.79 Å². The number of allylic oxidation sites excluding steroid dienone is 1. The Morgan fingerprint density at radius 1 is 1.19 bits per heavy atom. The molecule has 0 fully saturated rings. The Morgan fingerprint density at radius 2 is 2.00 bits per heavy atom. The number of rotatable bonds is 9. The van der Waals surface area contributed by atoms with Crippen molar-refractivity contribution in [3.05, 3.63) is 42.0 Å². The second kappa shape index (κ2) is 11.3. The number of carbonyl (C=O) groups is 2. The van der Waals surface area contributed by atoms with E-state index in [9.17, 15) is 9.59 Å². The van der Waals surface area contributed by atoms with E-state index in [0.717, 1.165) is 25.0 Å². The monoisotopic (exact) mass is 359 g/mol. The topological polar surface area (TPSA) is 70.7 Å². The number of nitrogens with one attached hydrogen (secondary N) is 2. The van der Waals surface area contributed by atoms with Crippen LogP contribution in [0, 0.1) is 0 Å². The third kappa shape index (κ3) is 8.16. The van der Waals surface area contributed by atoms with Crippen LogP contribution in [0.1, 0.15) is 32.1 Å². The Kier molecular flexibility index (Phi) is 8.69. The molecule has 6 nitrogen and oxygen atoms in total. The molecule has 6 heteroatoms. The lowest BCUT2D eigenvalue weighted by Crippen LogP contribution is -2.44. The number of likely N-dealkylation sites (N-methyl/N-ethyl adjacent to an activating group) is 1. The van der Waals surface area contributed by atoms with Gasteiger partial charge in [0.1, 0.15) is 12.4 Å². The number of imide groups is 1. The third-order valence-corrected chi connectivity index (χ3v) is 4.27. The number of nitrogens with zero attached hydrogens (tertiary/aromatic N) is 1. The molecule has 0 unspecified atom stereocenters. The molecule has 0 aliphatic heterocycles. The maximum absolute atomic E-state index is 11.9. The Hall–Kier alpha value is -2.34. The third-order valence-electron chi connectivity index (χ3n) is 4.27. The van der Waals surface area contributed by atoms with E-state index in [2.05, 4.69) is 16.7 Å². The van der Waals surface area contributed by atoms with Gasteiger partial charge in [0, 0.05) is 13.1 Å². The maximum Gasteiger partial charge on any atom is 0.321 e. The number of hydrogen-bond donors (Lipinski definition) is 2. The highest BCUT2D eigenvalue weighted by Crippen LogP contribution is 2.19. The quantitative estimate of drug-likeness (QED) is 0.665. The number of ether oxygens (including phenoxy) is 1. The molecule has 1 aromatic carbocycles. The van der Waals surface area contributed by atoms with E-state index in [0.29, 0.717) is 19.7 Å². The van der Waals surface area contributed by atoms with E-state index in [1.165, 1.54) is 18.4 Å². The molecule has 1 aliphatic rings. The van der Waals surface area contributed by atoms with Crippen molar-refractivity contribution in [1.82, 2.24) is 15.5 Å². The van der Waals surface area contributed by atoms with Crippen LogP contribution in [0.3, 0.4) is 0 Å². The minimum absolute atomic E-state index is 0.150. The molecule has 2 N–H and O–H groups in total. The van der Waals surface area contributed by atoms with Crippen LogP contribution in [0.15, 0.2) is 42.0 Å². The SMILES string of the molecule is CN(CCOc1ccccc1)CC(=O)NC(=O)NCCC1=CCCCC1. The van der Waals surface area contributed by atoms with Crippen LogP contribution in [0.2, 0.25) is 0 Å². The van der Waals surface area contributed by atoms with Crippen LogP contribution in [-0.4, -0.2) is 50.1 Å². The number of hydrogen-bond acceptors (Lipinski definition) is 4. The van der Waals surface area contributed by atoms with E-state index in [1.54, 1.807) is 0 Å². The van der Waals surface area contributed by atoms with Gasteiger partial charge in [0.2, 0.25) is 5.91 Å². The van der Waals surface area contributed by atoms with E-state index >= 15 is 0 Å². The van der Waals surface area contributed by atoms with Gasteiger partial charge >= 0.3 is 6.03 Å². The van der Waals surface area contributed by atoms with Crippen LogP contribution in [0.5, 0.6) is 5.75 Å². The van der Waals surface area contributed by atoms with Gasteiger partial charge in [-0.1, -0.05) is 29.8 Å². The van der Waals surface area contributed by atoms with Crippen LogP contribution in [0.25, 0.3) is 0 Å². The molecule has 2 rings (SSSR count). The van der Waals surface area contributed by atoms with Crippen molar-refractivity contribution >= 4 is 11.9 Å². The van der Waals surface area contributed by atoms with E-state index in [-0.39, 0.29) is 12.5 Å². The van der Waals surface area contributed by atoms with Crippen molar-refractivity contribution in [2.75, 3.05) is 33.3 Å². The largest absolute Gasteiger partial charge is 0.492 e. The summed E-state index contributed by atoms with van der Waals surface area (Å²) in [7, 11) is 1.82. The molecular formula is C20H29N3O3. The summed E-state index contributed by atoms with van der Waals surface area (Å²) in [5.41, 5.74) is 1.40. The minimum atomic E-state index is -0.430. The summed E-state index contributed by atoms with van der Waals surface area (Å²) in [4.78, 5) is 25.5. The highest BCUT2D eigenvalue weighted by Gasteiger charge is 2.11. The lowest BCUT2D eigenvalue weighted by atomic mass is 9.97. The lowest BCUT2D eigenvalue weighted by Gasteiger charge is -2.16. The van der Waals surface area contributed by atoms with E-state index in [4.69, 9.17) is 4.74 Å². The van der Waals surface area contributed by atoms with Crippen LogP contribution in [-0.2, 0) is 4.79 Å². The first-order valence-electron chi connectivity index (χ1n) is 9.25. The highest BCUT2D eigenvalue weighted by atomic mass is 16.5. The summed E-state index contributed by atoms with van der Waals surface area (Å²) in [5, 5.41) is 5.11. The number of amides is 3. The van der Waals surface area contributed by atoms with Crippen molar-refractivity contribution in [1.29, 1.82) is 0 Å². The van der Waals surface area contributed by atoms with Gasteiger partial charge in [-0.15, -0.1) is 0 Å². The molecule has 3 amide bonds. The Balaban J connectivity index is 1.55. The Morgan fingerprint density at radius 3 is 2.73 bits per heavy atom. The molecule has 142 valence electrons. The summed E-state index contributed by atoms with van der Waals surface area (Å²) < 4.78 is 5.59. The summed E-state index contributed by atoms with van der Waals surface area (Å²) in [6, 6.07) is 9.10. The summed E-state index contributed by atoms with van der Waals surface area (Å²) in [6.07, 6.45) is 7.88. The van der Waals surface area contributed by atoms with Crippen LogP contribution >= 0.6 is 0 Å². The molecule has 0 aromatic heterocycles. The zero-order valence-electron chi connectivity index (χ0n) is 15.5. The fraction of sp³-hybridized carbons (Fsp3) is 0.500. The summed E-state index contributed by atoms with van der Waals surface area (Å²) in [6.45, 7) is 1.79. The number of benzene rings is 1. The first kappa shape index (κ1) is 20.0. The van der Waals surface area contributed by atoms with Gasteiger partial charge in [0.25, 0.3) is 0 Å². The number of carbonyl (C=O) groups excluding carboxylic acids is 2. The van der Waals surface area contributed by atoms with Crippen molar-refractivity contribution in [2.45, 2.75) is 32.1 Å². The summed E-state index contributed by atoms with van der Waals surface area (Å²) >= 11 is 0. The molecule has 1 aromatic rings. The van der Waals surface area contributed by atoms with Gasteiger partial charge in [0.05, 0.1) is 6.54 Å². The predicted octanol–water partition coefficient (Wildman–Crippen LogP) is 2.71. The van der Waals surface area contributed by atoms with Gasteiger partial charge in [-0.05, 0) is 51.3 Å². The molecule has 0 saturated carbocycles. The van der Waals surface area contributed by atoms with Gasteiger partial charge in [0.15, 0.2) is 0 Å². The molecule has 1 aliphatic carbocycles. The first-order valence-corrected chi connectivity index (χ1v) is 9.25. The maximum atomic E-state index is 11.9. The zero-order chi connectivity index (χ0) is 18.6. The van der Waals surface area contributed by atoms with E-state index < -0.39 is 6.03 Å². The lowest BCUT2D eigenvalue weighted by molar-refractivity contribution is -0.120. The van der Waals surface area contributed by atoms with Gasteiger partial charge in [-0.3, -0.25) is 15.0 Å². The van der Waals surface area contributed by atoms with Crippen molar-refractivity contribution in [3.63, 3.8) is 0 Å². The smallest absolute Gasteiger partial charge is 0.321 e. The highest BCUT2D eigenvalue weighted by molar-refractivity contribution is 5.95. The molecule has 0 spiro atoms. The summed E-state index contributed by atoms with van der Waals surface area (Å²) in [5.74, 6) is 0.486. The fourth-order valence-electron chi connectivity index (χ4n) is 2.84. The van der Waals surface area contributed by atoms with Crippen molar-refractivity contribution < 1.29 is 14.3 Å². The normalized spacial score (nSPS) is 13.8. The molecule has 0 atom stereocenters. The van der Waals surface area contributed by atoms with Gasteiger partial charge < -0.3 is 10.1 Å². The Bertz CT molecular complexity index is 602. The number of para-hydroxylation sites is 1. The van der Waals surface area contributed by atoms with Crippen molar-refractivity contribution in [3.8, 4) is 5.75 Å². The fourth-order valence-corrected chi connectivity index (χ4v) is 2.84.